The monoisotopic (exact) mass is 305 g/mol. The molecule has 5 heteroatoms. The molecule has 0 radical (unpaired) electrons. The summed E-state index contributed by atoms with van der Waals surface area (Å²) in [5.41, 5.74) is 1.02. The topological polar surface area (TPSA) is 56.8 Å². The van der Waals surface area contributed by atoms with Gasteiger partial charge in [0.1, 0.15) is 11.9 Å². The number of amides is 1. The molecule has 1 amide bonds. The highest BCUT2D eigenvalue weighted by Crippen LogP contribution is 2.38. The minimum atomic E-state index is -0.368. The zero-order valence-electron chi connectivity index (χ0n) is 13.0. The molecule has 1 atom stereocenters. The highest BCUT2D eigenvalue weighted by molar-refractivity contribution is 5.77. The molecule has 1 N–H and O–H groups in total. The minimum Gasteiger partial charge on any atom is -0.484 e. The molecule has 0 bridgehead atoms. The first-order chi connectivity index (χ1) is 10.7. The summed E-state index contributed by atoms with van der Waals surface area (Å²) in [6, 6.07) is 7.65. The Morgan fingerprint density at radius 2 is 2.14 bits per heavy atom. The molecule has 3 rings (SSSR count). The van der Waals surface area contributed by atoms with Crippen molar-refractivity contribution in [1.82, 2.24) is 5.32 Å². The smallest absolute Gasteiger partial charge is 0.258 e. The summed E-state index contributed by atoms with van der Waals surface area (Å²) in [6.07, 6.45) is 4.19. The molecule has 2 aliphatic rings. The molecule has 0 aromatic heterocycles. The molecule has 120 valence electrons. The van der Waals surface area contributed by atoms with Crippen molar-refractivity contribution in [3.8, 4) is 5.75 Å². The Morgan fingerprint density at radius 1 is 1.36 bits per heavy atom. The fraction of sp³-hybridized carbons (Fsp3) is 0.588. The van der Waals surface area contributed by atoms with Crippen molar-refractivity contribution in [3.63, 3.8) is 0 Å². The molecule has 1 aliphatic carbocycles. The molecule has 1 saturated carbocycles. The van der Waals surface area contributed by atoms with Crippen molar-refractivity contribution in [3.05, 3.63) is 29.8 Å². The van der Waals surface area contributed by atoms with Crippen molar-refractivity contribution in [2.24, 2.45) is 0 Å². The van der Waals surface area contributed by atoms with Crippen LogP contribution in [0.3, 0.4) is 0 Å². The molecule has 1 aliphatic heterocycles. The Bertz CT molecular complexity index is 525. The highest BCUT2D eigenvalue weighted by Gasteiger charge is 2.43. The van der Waals surface area contributed by atoms with E-state index in [1.54, 1.807) is 0 Å². The first-order valence-electron chi connectivity index (χ1n) is 7.94. The average Bonchev–Trinajstić information content (AvgIpc) is 3.15. The predicted octanol–water partition coefficient (Wildman–Crippen LogP) is 2.18. The molecule has 5 nitrogen and oxygen atoms in total. The van der Waals surface area contributed by atoms with E-state index in [2.05, 4.69) is 5.32 Å². The minimum absolute atomic E-state index is 0.0174. The maximum Gasteiger partial charge on any atom is 0.258 e. The van der Waals surface area contributed by atoms with Gasteiger partial charge in [0, 0.05) is 19.4 Å². The quantitative estimate of drug-likeness (QED) is 0.906. The van der Waals surface area contributed by atoms with E-state index in [1.807, 2.05) is 31.2 Å². The SMILES string of the molecule is Cc1ccccc1OCC(=O)NCC1COC2(CCCC2)O1. The number of benzene rings is 1. The highest BCUT2D eigenvalue weighted by atomic mass is 16.7. The largest absolute Gasteiger partial charge is 0.484 e. The number of rotatable bonds is 5. The van der Waals surface area contributed by atoms with Crippen LogP contribution in [0.4, 0.5) is 0 Å². The van der Waals surface area contributed by atoms with Gasteiger partial charge in [-0.05, 0) is 31.4 Å². The lowest BCUT2D eigenvalue weighted by Gasteiger charge is -2.21. The number of nitrogens with one attached hydrogen (secondary N) is 1. The number of hydrogen-bond donors (Lipinski definition) is 1. The molecule has 1 aromatic carbocycles. The lowest BCUT2D eigenvalue weighted by atomic mass is 10.2. The third-order valence-electron chi connectivity index (χ3n) is 4.26. The second kappa shape index (κ2) is 6.67. The van der Waals surface area contributed by atoms with Gasteiger partial charge in [-0.3, -0.25) is 4.79 Å². The van der Waals surface area contributed by atoms with E-state index < -0.39 is 0 Å². The van der Waals surface area contributed by atoms with Crippen LogP contribution in [0.15, 0.2) is 24.3 Å². The van der Waals surface area contributed by atoms with E-state index in [-0.39, 0.29) is 24.4 Å². The molecular formula is C17H23NO4. The summed E-state index contributed by atoms with van der Waals surface area (Å²) in [5, 5.41) is 2.85. The van der Waals surface area contributed by atoms with Crippen LogP contribution in [0.1, 0.15) is 31.2 Å². The second-order valence-electron chi connectivity index (χ2n) is 6.03. The molecule has 1 heterocycles. The molecule has 1 spiro atoms. The maximum atomic E-state index is 11.9. The van der Waals surface area contributed by atoms with Crippen LogP contribution in [-0.2, 0) is 14.3 Å². The number of carbonyl (C=O) groups is 1. The predicted molar refractivity (Wildman–Crippen MR) is 81.7 cm³/mol. The van der Waals surface area contributed by atoms with Gasteiger partial charge in [0.2, 0.25) is 0 Å². The molecular weight excluding hydrogens is 282 g/mol. The summed E-state index contributed by atoms with van der Waals surface area (Å²) in [6.45, 7) is 3.00. The number of para-hydroxylation sites is 1. The fourth-order valence-electron chi connectivity index (χ4n) is 3.03. The zero-order chi connectivity index (χ0) is 15.4. The van der Waals surface area contributed by atoms with Crippen LogP contribution in [-0.4, -0.2) is 37.6 Å². The van der Waals surface area contributed by atoms with Gasteiger partial charge in [0.15, 0.2) is 12.4 Å². The first-order valence-corrected chi connectivity index (χ1v) is 7.94. The van der Waals surface area contributed by atoms with E-state index in [0.717, 1.165) is 37.0 Å². The van der Waals surface area contributed by atoms with E-state index in [1.165, 1.54) is 0 Å². The van der Waals surface area contributed by atoms with Gasteiger partial charge in [0.05, 0.1) is 6.61 Å². The van der Waals surface area contributed by atoms with Crippen molar-refractivity contribution in [1.29, 1.82) is 0 Å². The maximum absolute atomic E-state index is 11.9. The van der Waals surface area contributed by atoms with E-state index >= 15 is 0 Å². The lowest BCUT2D eigenvalue weighted by Crippen LogP contribution is -2.37. The number of aryl methyl sites for hydroxylation is 1. The number of carbonyl (C=O) groups excluding carboxylic acids is 1. The van der Waals surface area contributed by atoms with Gasteiger partial charge >= 0.3 is 0 Å². The van der Waals surface area contributed by atoms with Crippen molar-refractivity contribution in [2.75, 3.05) is 19.8 Å². The molecule has 1 unspecified atom stereocenters. The zero-order valence-corrected chi connectivity index (χ0v) is 13.0. The Kier molecular flexibility index (Phi) is 4.64. The summed E-state index contributed by atoms with van der Waals surface area (Å²) in [7, 11) is 0. The second-order valence-corrected chi connectivity index (χ2v) is 6.03. The van der Waals surface area contributed by atoms with Crippen molar-refractivity contribution < 1.29 is 19.0 Å². The van der Waals surface area contributed by atoms with Gasteiger partial charge in [-0.15, -0.1) is 0 Å². The average molecular weight is 305 g/mol. The number of hydrogen-bond acceptors (Lipinski definition) is 4. The lowest BCUT2D eigenvalue weighted by molar-refractivity contribution is -0.161. The molecule has 1 aromatic rings. The van der Waals surface area contributed by atoms with Gasteiger partial charge < -0.3 is 19.5 Å². The number of ether oxygens (including phenoxy) is 3. The van der Waals surface area contributed by atoms with E-state index in [9.17, 15) is 4.79 Å². The summed E-state index contributed by atoms with van der Waals surface area (Å²) in [5.74, 6) is 0.231. The Balaban J connectivity index is 1.39. The molecule has 1 saturated heterocycles. The standard InChI is InChI=1S/C17H23NO4/c1-13-6-2-3-7-15(13)20-12-16(19)18-10-14-11-21-17(22-14)8-4-5-9-17/h2-3,6-7,14H,4-5,8-12H2,1H3,(H,18,19). The van der Waals surface area contributed by atoms with Crippen LogP contribution in [0.25, 0.3) is 0 Å². The Labute approximate surface area is 130 Å². The van der Waals surface area contributed by atoms with Crippen LogP contribution in [0, 0.1) is 6.92 Å². The summed E-state index contributed by atoms with van der Waals surface area (Å²) >= 11 is 0. The Hall–Kier alpha value is -1.59. The van der Waals surface area contributed by atoms with Crippen LogP contribution >= 0.6 is 0 Å². The summed E-state index contributed by atoms with van der Waals surface area (Å²) in [4.78, 5) is 11.9. The van der Waals surface area contributed by atoms with E-state index in [4.69, 9.17) is 14.2 Å². The van der Waals surface area contributed by atoms with Crippen LogP contribution in [0.2, 0.25) is 0 Å². The van der Waals surface area contributed by atoms with Crippen molar-refractivity contribution >= 4 is 5.91 Å². The fourth-order valence-corrected chi connectivity index (χ4v) is 3.03. The van der Waals surface area contributed by atoms with Gasteiger partial charge in [-0.25, -0.2) is 0 Å². The normalized spacial score (nSPS) is 22.9. The van der Waals surface area contributed by atoms with Crippen LogP contribution in [0.5, 0.6) is 5.75 Å². The van der Waals surface area contributed by atoms with Crippen molar-refractivity contribution in [2.45, 2.75) is 44.5 Å². The first kappa shape index (κ1) is 15.3. The van der Waals surface area contributed by atoms with Gasteiger partial charge in [0.25, 0.3) is 5.91 Å². The van der Waals surface area contributed by atoms with Gasteiger partial charge in [-0.2, -0.15) is 0 Å². The Morgan fingerprint density at radius 3 is 2.91 bits per heavy atom. The van der Waals surface area contributed by atoms with Crippen LogP contribution < -0.4 is 10.1 Å². The summed E-state index contributed by atoms with van der Waals surface area (Å²) < 4.78 is 17.3. The third kappa shape index (κ3) is 3.59. The molecule has 22 heavy (non-hydrogen) atoms. The van der Waals surface area contributed by atoms with E-state index in [0.29, 0.717) is 13.2 Å². The third-order valence-corrected chi connectivity index (χ3v) is 4.26. The van der Waals surface area contributed by atoms with Gasteiger partial charge in [-0.1, -0.05) is 18.2 Å². The molecule has 2 fully saturated rings.